The Labute approximate surface area is 126 Å². The highest BCUT2D eigenvalue weighted by Gasteiger charge is 2.10. The van der Waals surface area contributed by atoms with Gasteiger partial charge >= 0.3 is 0 Å². The van der Waals surface area contributed by atoms with Crippen LogP contribution in [0, 0.1) is 5.82 Å². The second kappa shape index (κ2) is 6.03. The molecule has 0 aliphatic carbocycles. The highest BCUT2D eigenvalue weighted by atomic mass is 79.9. The number of anilines is 1. The Hall–Kier alpha value is -0.910. The average molecular weight is 363 g/mol. The smallest absolute Gasteiger partial charge is 0.137 e. The lowest BCUT2D eigenvalue weighted by Gasteiger charge is -2.07. The molecular weight excluding hydrogens is 353 g/mol. The lowest BCUT2D eigenvalue weighted by atomic mass is 10.2. The van der Waals surface area contributed by atoms with Crippen molar-refractivity contribution in [2.45, 2.75) is 10.6 Å². The van der Waals surface area contributed by atoms with Crippen LogP contribution < -0.4 is 5.73 Å². The number of hydrogen-bond acceptors (Lipinski definition) is 2. The molecule has 0 amide bonds. The van der Waals surface area contributed by atoms with Crippen molar-refractivity contribution in [1.82, 2.24) is 0 Å². The molecule has 2 aromatic carbocycles. The molecule has 2 rings (SSSR count). The fourth-order valence-electron chi connectivity index (χ4n) is 1.59. The summed E-state index contributed by atoms with van der Waals surface area (Å²) in [5.41, 5.74) is 6.94. The molecule has 0 aliphatic rings. The van der Waals surface area contributed by atoms with Crippen molar-refractivity contribution in [2.24, 2.45) is 0 Å². The molecule has 19 heavy (non-hydrogen) atoms. The molecule has 1 atom stereocenters. The van der Waals surface area contributed by atoms with E-state index in [-0.39, 0.29) is 11.6 Å². The third kappa shape index (κ3) is 3.55. The average Bonchev–Trinajstić information content (AvgIpc) is 2.33. The van der Waals surface area contributed by atoms with Crippen LogP contribution in [0.15, 0.2) is 45.8 Å². The first-order valence-corrected chi connectivity index (χ1v) is 7.83. The van der Waals surface area contributed by atoms with Gasteiger partial charge in [-0.25, -0.2) is 4.39 Å². The molecule has 2 N–H and O–H groups in total. The third-order valence-electron chi connectivity index (χ3n) is 2.50. The van der Waals surface area contributed by atoms with Crippen molar-refractivity contribution in [1.29, 1.82) is 0 Å². The number of halogens is 3. The van der Waals surface area contributed by atoms with E-state index in [0.717, 1.165) is 5.56 Å². The van der Waals surface area contributed by atoms with Gasteiger partial charge in [-0.2, -0.15) is 0 Å². The van der Waals surface area contributed by atoms with E-state index in [4.69, 9.17) is 17.3 Å². The highest BCUT2D eigenvalue weighted by Crippen LogP contribution is 2.24. The lowest BCUT2D eigenvalue weighted by Crippen LogP contribution is -2.01. The van der Waals surface area contributed by atoms with Crippen LogP contribution in [0.2, 0.25) is 5.02 Å². The Morgan fingerprint density at radius 3 is 2.63 bits per heavy atom. The van der Waals surface area contributed by atoms with Crippen molar-refractivity contribution in [3.8, 4) is 0 Å². The minimum atomic E-state index is -1.30. The van der Waals surface area contributed by atoms with Gasteiger partial charge in [-0.15, -0.1) is 0 Å². The summed E-state index contributed by atoms with van der Waals surface area (Å²) >= 11 is 8.89. The van der Waals surface area contributed by atoms with Crippen LogP contribution in [0.4, 0.5) is 10.1 Å². The Morgan fingerprint density at radius 1 is 1.26 bits per heavy atom. The maximum absolute atomic E-state index is 13.1. The van der Waals surface area contributed by atoms with Crippen LogP contribution in [-0.4, -0.2) is 4.21 Å². The van der Waals surface area contributed by atoms with E-state index in [1.807, 2.05) is 0 Å². The predicted octanol–water partition coefficient (Wildman–Crippen LogP) is 4.13. The second-order valence-corrected chi connectivity index (χ2v) is 6.63. The zero-order valence-electron chi connectivity index (χ0n) is 9.70. The fraction of sp³-hybridized carbons (Fsp3) is 0.0769. The summed E-state index contributed by atoms with van der Waals surface area (Å²) in [6.07, 6.45) is 0. The van der Waals surface area contributed by atoms with E-state index in [1.54, 1.807) is 30.3 Å². The van der Waals surface area contributed by atoms with E-state index >= 15 is 0 Å². The molecule has 0 heterocycles. The van der Waals surface area contributed by atoms with Crippen molar-refractivity contribution in [3.05, 3.63) is 57.3 Å². The van der Waals surface area contributed by atoms with Gasteiger partial charge in [-0.1, -0.05) is 17.7 Å². The Bertz CT molecular complexity index is 651. The van der Waals surface area contributed by atoms with E-state index < -0.39 is 10.8 Å². The van der Waals surface area contributed by atoms with Crippen LogP contribution in [0.1, 0.15) is 5.56 Å². The summed E-state index contributed by atoms with van der Waals surface area (Å²) in [6.45, 7) is 0. The largest absolute Gasteiger partial charge is 0.398 e. The topological polar surface area (TPSA) is 43.1 Å². The highest BCUT2D eigenvalue weighted by molar-refractivity contribution is 9.10. The molecule has 0 radical (unpaired) electrons. The van der Waals surface area contributed by atoms with Crippen LogP contribution in [0.3, 0.4) is 0 Å². The van der Waals surface area contributed by atoms with Gasteiger partial charge in [0, 0.05) is 10.7 Å². The van der Waals surface area contributed by atoms with Crippen LogP contribution in [-0.2, 0) is 16.6 Å². The summed E-state index contributed by atoms with van der Waals surface area (Å²) in [5, 5.41) is 0.503. The van der Waals surface area contributed by atoms with Gasteiger partial charge < -0.3 is 5.73 Å². The third-order valence-corrected chi connectivity index (χ3v) is 4.80. The van der Waals surface area contributed by atoms with Crippen molar-refractivity contribution < 1.29 is 8.60 Å². The molecule has 2 nitrogen and oxygen atoms in total. The van der Waals surface area contributed by atoms with Crippen molar-refractivity contribution >= 4 is 44.0 Å². The van der Waals surface area contributed by atoms with Gasteiger partial charge in [0.05, 0.1) is 25.9 Å². The standard InChI is InChI=1S/C13H10BrClFNOS/c14-10-5-8(1-3-11(10)16)7-19(18)13-4-2-9(15)6-12(13)17/h1-6H,7,17H2. The first-order valence-electron chi connectivity index (χ1n) is 5.34. The first kappa shape index (κ1) is 14.5. The molecule has 6 heteroatoms. The minimum Gasteiger partial charge on any atom is -0.398 e. The number of benzene rings is 2. The van der Waals surface area contributed by atoms with Crippen LogP contribution in [0.5, 0.6) is 0 Å². The molecule has 1 unspecified atom stereocenters. The van der Waals surface area contributed by atoms with Crippen molar-refractivity contribution in [3.63, 3.8) is 0 Å². The zero-order chi connectivity index (χ0) is 14.0. The zero-order valence-corrected chi connectivity index (χ0v) is 12.9. The summed E-state index contributed by atoms with van der Waals surface area (Å²) in [5.74, 6) is -0.0782. The molecular formula is C13H10BrClFNOS. The summed E-state index contributed by atoms with van der Waals surface area (Å²) in [6, 6.07) is 9.40. The molecule has 0 bridgehead atoms. The fourth-order valence-corrected chi connectivity index (χ4v) is 3.37. The molecule has 0 spiro atoms. The van der Waals surface area contributed by atoms with E-state index in [9.17, 15) is 8.60 Å². The van der Waals surface area contributed by atoms with Crippen LogP contribution >= 0.6 is 27.5 Å². The van der Waals surface area contributed by atoms with Gasteiger partial charge in [-0.05, 0) is 51.8 Å². The molecule has 0 fully saturated rings. The minimum absolute atomic E-state index is 0.269. The van der Waals surface area contributed by atoms with Crippen LogP contribution in [0.25, 0.3) is 0 Å². The SMILES string of the molecule is Nc1cc(Cl)ccc1S(=O)Cc1ccc(F)c(Br)c1. The normalized spacial score (nSPS) is 12.4. The second-order valence-electron chi connectivity index (χ2n) is 3.92. The maximum Gasteiger partial charge on any atom is 0.137 e. The van der Waals surface area contributed by atoms with Gasteiger partial charge in [0.25, 0.3) is 0 Å². The number of hydrogen-bond donors (Lipinski definition) is 1. The first-order chi connectivity index (χ1) is 8.97. The molecule has 100 valence electrons. The van der Waals surface area contributed by atoms with Gasteiger partial charge in [-0.3, -0.25) is 4.21 Å². The number of nitrogens with two attached hydrogens (primary N) is 1. The monoisotopic (exact) mass is 361 g/mol. The van der Waals surface area contributed by atoms with E-state index in [1.165, 1.54) is 6.07 Å². The summed E-state index contributed by atoms with van der Waals surface area (Å²) < 4.78 is 25.7. The summed E-state index contributed by atoms with van der Waals surface area (Å²) in [7, 11) is -1.30. The molecule has 0 aromatic heterocycles. The number of nitrogen functional groups attached to an aromatic ring is 1. The summed E-state index contributed by atoms with van der Waals surface area (Å²) in [4.78, 5) is 0.532. The van der Waals surface area contributed by atoms with Crippen molar-refractivity contribution in [2.75, 3.05) is 5.73 Å². The van der Waals surface area contributed by atoms with Gasteiger partial charge in [0.1, 0.15) is 5.82 Å². The maximum atomic E-state index is 13.1. The molecule has 2 aromatic rings. The molecule has 0 saturated heterocycles. The molecule has 0 aliphatic heterocycles. The Morgan fingerprint density at radius 2 is 2.00 bits per heavy atom. The Kier molecular flexibility index (Phi) is 4.60. The quantitative estimate of drug-likeness (QED) is 0.834. The van der Waals surface area contributed by atoms with Gasteiger partial charge in [0.15, 0.2) is 0 Å². The lowest BCUT2D eigenvalue weighted by molar-refractivity contribution is 0.620. The van der Waals surface area contributed by atoms with Gasteiger partial charge in [0.2, 0.25) is 0 Å². The van der Waals surface area contributed by atoms with E-state index in [2.05, 4.69) is 15.9 Å². The predicted molar refractivity (Wildman–Crippen MR) is 80.1 cm³/mol. The van der Waals surface area contributed by atoms with E-state index in [0.29, 0.717) is 20.1 Å². The molecule has 0 saturated carbocycles. The Balaban J connectivity index is 2.23. The number of rotatable bonds is 3.